The van der Waals surface area contributed by atoms with Crippen LogP contribution in [0.15, 0.2) is 48.8 Å². The maximum absolute atomic E-state index is 6.07. The van der Waals surface area contributed by atoms with Gasteiger partial charge in [-0.25, -0.2) is 4.98 Å². The van der Waals surface area contributed by atoms with Crippen molar-refractivity contribution >= 4 is 29.0 Å². The lowest BCUT2D eigenvalue weighted by atomic mass is 10.1. The number of halogens is 2. The number of aromatic nitrogens is 3. The third-order valence-corrected chi connectivity index (χ3v) is 3.53. The van der Waals surface area contributed by atoms with Gasteiger partial charge in [-0.15, -0.1) is 0 Å². The van der Waals surface area contributed by atoms with Gasteiger partial charge in [0.2, 0.25) is 0 Å². The van der Waals surface area contributed by atoms with Gasteiger partial charge in [-0.1, -0.05) is 47.5 Å². The van der Waals surface area contributed by atoms with E-state index in [-0.39, 0.29) is 0 Å². The van der Waals surface area contributed by atoms with Crippen LogP contribution in [0.3, 0.4) is 0 Å². The largest absolute Gasteiger partial charge is 0.365 e. The number of rotatable bonds is 4. The van der Waals surface area contributed by atoms with Gasteiger partial charge in [0.15, 0.2) is 0 Å². The summed E-state index contributed by atoms with van der Waals surface area (Å²) in [5.74, 6) is 0.624. The van der Waals surface area contributed by atoms with Crippen LogP contribution in [0.5, 0.6) is 0 Å². The Morgan fingerprint density at radius 3 is 2.57 bits per heavy atom. The van der Waals surface area contributed by atoms with Crippen LogP contribution in [0.2, 0.25) is 10.0 Å². The van der Waals surface area contributed by atoms with Crippen molar-refractivity contribution in [2.75, 3.05) is 5.32 Å². The highest BCUT2D eigenvalue weighted by molar-refractivity contribution is 6.35. The molecule has 1 aromatic carbocycles. The summed E-state index contributed by atoms with van der Waals surface area (Å²) >= 11 is 11.9. The average Bonchev–Trinajstić information content (AvgIpc) is 3.01. The van der Waals surface area contributed by atoms with Crippen LogP contribution in [-0.4, -0.2) is 15.2 Å². The predicted molar refractivity (Wildman–Crippen MR) is 85.6 cm³/mol. The van der Waals surface area contributed by atoms with Gasteiger partial charge >= 0.3 is 0 Å². The Balaban J connectivity index is 1.68. The Bertz CT molecular complexity index is 724. The zero-order chi connectivity index (χ0) is 14.7. The maximum atomic E-state index is 6.07. The number of benzene rings is 1. The summed E-state index contributed by atoms with van der Waals surface area (Å²) < 4.78 is 0. The molecule has 0 spiro atoms. The summed E-state index contributed by atoms with van der Waals surface area (Å²) in [4.78, 5) is 4.16. The lowest BCUT2D eigenvalue weighted by Crippen LogP contribution is -2.01. The van der Waals surface area contributed by atoms with E-state index in [9.17, 15) is 0 Å². The molecule has 106 valence electrons. The van der Waals surface area contributed by atoms with E-state index >= 15 is 0 Å². The summed E-state index contributed by atoms with van der Waals surface area (Å²) in [6, 6.07) is 11.8. The van der Waals surface area contributed by atoms with Crippen molar-refractivity contribution in [2.45, 2.75) is 6.54 Å². The third-order valence-electron chi connectivity index (χ3n) is 3.03. The zero-order valence-corrected chi connectivity index (χ0v) is 12.5. The smallest absolute Gasteiger partial charge is 0.145 e. The van der Waals surface area contributed by atoms with Gasteiger partial charge in [-0.05, 0) is 23.3 Å². The number of hydrogen-bond acceptors (Lipinski definition) is 3. The topological polar surface area (TPSA) is 53.6 Å². The Morgan fingerprint density at radius 1 is 1.10 bits per heavy atom. The quantitative estimate of drug-likeness (QED) is 0.750. The van der Waals surface area contributed by atoms with Gasteiger partial charge in [-0.3, -0.25) is 5.10 Å². The zero-order valence-electron chi connectivity index (χ0n) is 11.0. The SMILES string of the molecule is Clc1cnc(NCc2ccc(-c3ccn[nH]3)cc2)c(Cl)c1. The van der Waals surface area contributed by atoms with Gasteiger partial charge in [0.25, 0.3) is 0 Å². The van der Waals surface area contributed by atoms with E-state index < -0.39 is 0 Å². The molecule has 0 aliphatic rings. The molecule has 0 fully saturated rings. The molecule has 21 heavy (non-hydrogen) atoms. The third kappa shape index (κ3) is 3.35. The second-order valence-corrected chi connectivity index (χ2v) is 5.35. The normalized spacial score (nSPS) is 10.6. The number of H-pyrrole nitrogens is 1. The number of nitrogens with zero attached hydrogens (tertiary/aromatic N) is 2. The van der Waals surface area contributed by atoms with Crippen molar-refractivity contribution in [1.29, 1.82) is 0 Å². The molecule has 0 bridgehead atoms. The van der Waals surface area contributed by atoms with Crippen LogP contribution >= 0.6 is 23.2 Å². The first kappa shape index (κ1) is 13.9. The van der Waals surface area contributed by atoms with E-state index in [1.807, 2.05) is 30.3 Å². The molecule has 3 rings (SSSR count). The fourth-order valence-electron chi connectivity index (χ4n) is 1.95. The summed E-state index contributed by atoms with van der Waals surface area (Å²) in [6.45, 7) is 0.637. The minimum absolute atomic E-state index is 0.511. The summed E-state index contributed by atoms with van der Waals surface area (Å²) in [6.07, 6.45) is 3.30. The van der Waals surface area contributed by atoms with Gasteiger partial charge in [-0.2, -0.15) is 5.10 Å². The number of anilines is 1. The van der Waals surface area contributed by atoms with Crippen molar-refractivity contribution in [1.82, 2.24) is 15.2 Å². The molecule has 6 heteroatoms. The molecule has 0 radical (unpaired) electrons. The van der Waals surface area contributed by atoms with Crippen LogP contribution in [0, 0.1) is 0 Å². The van der Waals surface area contributed by atoms with E-state index in [1.54, 1.807) is 18.5 Å². The number of nitrogens with one attached hydrogen (secondary N) is 2. The second-order valence-electron chi connectivity index (χ2n) is 4.50. The van der Waals surface area contributed by atoms with Gasteiger partial charge < -0.3 is 5.32 Å². The van der Waals surface area contributed by atoms with E-state index in [1.165, 1.54) is 0 Å². The molecule has 2 aromatic heterocycles. The number of pyridine rings is 1. The minimum atomic E-state index is 0.511. The van der Waals surface area contributed by atoms with Crippen molar-refractivity contribution in [3.63, 3.8) is 0 Å². The molecule has 4 nitrogen and oxygen atoms in total. The molecule has 0 amide bonds. The summed E-state index contributed by atoms with van der Waals surface area (Å²) in [7, 11) is 0. The van der Waals surface area contributed by atoms with E-state index in [0.717, 1.165) is 16.8 Å². The number of hydrogen-bond donors (Lipinski definition) is 2. The summed E-state index contributed by atoms with van der Waals surface area (Å²) in [5.41, 5.74) is 3.22. The second kappa shape index (κ2) is 6.16. The monoisotopic (exact) mass is 318 g/mol. The molecule has 0 saturated heterocycles. The average molecular weight is 319 g/mol. The van der Waals surface area contributed by atoms with E-state index in [4.69, 9.17) is 23.2 Å². The van der Waals surface area contributed by atoms with Crippen molar-refractivity contribution in [2.24, 2.45) is 0 Å². The molecule has 2 N–H and O–H groups in total. The fraction of sp³-hybridized carbons (Fsp3) is 0.0667. The van der Waals surface area contributed by atoms with Gasteiger partial charge in [0.05, 0.1) is 15.7 Å². The molecular weight excluding hydrogens is 307 g/mol. The first-order valence-electron chi connectivity index (χ1n) is 6.36. The first-order valence-corrected chi connectivity index (χ1v) is 7.11. The molecule has 0 unspecified atom stereocenters. The number of aromatic amines is 1. The Morgan fingerprint density at radius 2 is 1.90 bits per heavy atom. The Labute approximate surface area is 132 Å². The van der Waals surface area contributed by atoms with Crippen molar-refractivity contribution in [3.8, 4) is 11.3 Å². The summed E-state index contributed by atoms with van der Waals surface area (Å²) in [5, 5.41) is 11.1. The van der Waals surface area contributed by atoms with Crippen LogP contribution in [-0.2, 0) is 6.54 Å². The molecule has 0 aliphatic carbocycles. The Kier molecular flexibility index (Phi) is 4.08. The lowest BCUT2D eigenvalue weighted by Gasteiger charge is -2.08. The van der Waals surface area contributed by atoms with E-state index in [0.29, 0.717) is 22.4 Å². The highest BCUT2D eigenvalue weighted by atomic mass is 35.5. The van der Waals surface area contributed by atoms with Crippen molar-refractivity contribution in [3.05, 3.63) is 64.4 Å². The van der Waals surface area contributed by atoms with E-state index in [2.05, 4.69) is 20.5 Å². The van der Waals surface area contributed by atoms with Gasteiger partial charge in [0.1, 0.15) is 5.82 Å². The highest BCUT2D eigenvalue weighted by Gasteiger charge is 2.03. The molecule has 0 aliphatic heterocycles. The fourth-order valence-corrected chi connectivity index (χ4v) is 2.40. The van der Waals surface area contributed by atoms with Crippen LogP contribution < -0.4 is 5.32 Å². The molecule has 2 heterocycles. The minimum Gasteiger partial charge on any atom is -0.365 e. The standard InChI is InChI=1S/C15H12Cl2N4/c16-12-7-13(17)15(19-9-12)18-8-10-1-3-11(4-2-10)14-5-6-20-21-14/h1-7,9H,8H2,(H,18,19)(H,20,21). The Hall–Kier alpha value is -2.04. The first-order chi connectivity index (χ1) is 10.2. The lowest BCUT2D eigenvalue weighted by molar-refractivity contribution is 1.09. The molecule has 0 atom stereocenters. The van der Waals surface area contributed by atoms with Crippen molar-refractivity contribution < 1.29 is 0 Å². The predicted octanol–water partition coefficient (Wildman–Crippen LogP) is 4.39. The molecule has 3 aromatic rings. The highest BCUT2D eigenvalue weighted by Crippen LogP contribution is 2.23. The van der Waals surface area contributed by atoms with Crippen LogP contribution in [0.4, 0.5) is 5.82 Å². The molecular formula is C15H12Cl2N4. The maximum Gasteiger partial charge on any atom is 0.145 e. The van der Waals surface area contributed by atoms with Gasteiger partial charge in [0, 0.05) is 18.9 Å². The molecule has 0 saturated carbocycles. The van der Waals surface area contributed by atoms with Crippen LogP contribution in [0.25, 0.3) is 11.3 Å². The van der Waals surface area contributed by atoms with Crippen LogP contribution in [0.1, 0.15) is 5.56 Å².